The van der Waals surface area contributed by atoms with E-state index in [1.165, 1.54) is 20.0 Å². The smallest absolute Gasteiger partial charge is 0.311 e. The van der Waals surface area contributed by atoms with E-state index in [1.54, 1.807) is 12.1 Å². The molecule has 0 spiro atoms. The molecule has 2 aromatic rings. The highest BCUT2D eigenvalue weighted by Gasteiger charge is 2.38. The molecule has 3 N–H and O–H groups in total. The second kappa shape index (κ2) is 6.96. The van der Waals surface area contributed by atoms with E-state index in [1.807, 2.05) is 0 Å². The minimum atomic E-state index is -0.494. The summed E-state index contributed by atoms with van der Waals surface area (Å²) in [6, 6.07) is 3.30. The van der Waals surface area contributed by atoms with Gasteiger partial charge in [0.1, 0.15) is 11.3 Å². The Kier molecular flexibility index (Phi) is 4.67. The molecular formula is C19H24FN3O3. The molecule has 1 aliphatic carbocycles. The van der Waals surface area contributed by atoms with Crippen molar-refractivity contribution in [3.05, 3.63) is 29.3 Å². The van der Waals surface area contributed by atoms with Crippen LogP contribution in [0.5, 0.6) is 0 Å². The minimum Gasteiger partial charge on any atom is -0.469 e. The first-order valence-electron chi connectivity index (χ1n) is 9.19. The molecule has 2 heterocycles. The van der Waals surface area contributed by atoms with Crippen LogP contribution in [-0.2, 0) is 14.3 Å². The van der Waals surface area contributed by atoms with Crippen molar-refractivity contribution < 1.29 is 18.7 Å². The van der Waals surface area contributed by atoms with Gasteiger partial charge in [0.2, 0.25) is 0 Å². The van der Waals surface area contributed by atoms with Gasteiger partial charge in [-0.2, -0.15) is 0 Å². The summed E-state index contributed by atoms with van der Waals surface area (Å²) in [5, 5.41) is 0. The van der Waals surface area contributed by atoms with Crippen molar-refractivity contribution in [2.75, 3.05) is 20.3 Å². The number of aromatic nitrogens is 2. The Morgan fingerprint density at radius 1 is 1.38 bits per heavy atom. The predicted molar refractivity (Wildman–Crippen MR) is 94.0 cm³/mol. The molecule has 3 atom stereocenters. The number of carbonyl (C=O) groups excluding carboxylic acids is 1. The summed E-state index contributed by atoms with van der Waals surface area (Å²) in [7, 11) is 1.33. The standard InChI is InChI=1S/C19H24FN3O3/c1-25-19(24)13-9-26-8-12(13)11-6-7-14-17(15(11)20)23-18(22-14)16(21)10-4-2-3-5-10/h6-7,10,12-13,16H,2-5,8-9,21H2,1H3,(H,22,23). The fourth-order valence-corrected chi connectivity index (χ4v) is 4.31. The largest absolute Gasteiger partial charge is 0.469 e. The zero-order chi connectivity index (χ0) is 18.3. The minimum absolute atomic E-state index is 0.203. The average Bonchev–Trinajstić information content (AvgIpc) is 3.40. The van der Waals surface area contributed by atoms with Crippen LogP contribution in [-0.4, -0.2) is 36.3 Å². The first-order valence-corrected chi connectivity index (χ1v) is 9.19. The van der Waals surface area contributed by atoms with E-state index in [-0.39, 0.29) is 30.1 Å². The Balaban J connectivity index is 1.67. The second-order valence-corrected chi connectivity index (χ2v) is 7.33. The lowest BCUT2D eigenvalue weighted by molar-refractivity contribution is -0.145. The van der Waals surface area contributed by atoms with E-state index in [2.05, 4.69) is 9.97 Å². The van der Waals surface area contributed by atoms with Gasteiger partial charge >= 0.3 is 5.97 Å². The fourth-order valence-electron chi connectivity index (χ4n) is 4.31. The van der Waals surface area contributed by atoms with E-state index in [4.69, 9.17) is 15.2 Å². The van der Waals surface area contributed by atoms with Gasteiger partial charge in [-0.15, -0.1) is 0 Å². The predicted octanol–water partition coefficient (Wildman–Crippen LogP) is 2.80. The fraction of sp³-hybridized carbons (Fsp3) is 0.579. The Morgan fingerprint density at radius 2 is 2.15 bits per heavy atom. The molecule has 1 aliphatic heterocycles. The summed E-state index contributed by atoms with van der Waals surface area (Å²) < 4.78 is 25.4. The first kappa shape index (κ1) is 17.4. The number of benzene rings is 1. The molecule has 0 amide bonds. The summed E-state index contributed by atoms with van der Waals surface area (Å²) in [5.74, 6) is -0.618. The highest BCUT2D eigenvalue weighted by atomic mass is 19.1. The number of ether oxygens (including phenoxy) is 2. The van der Waals surface area contributed by atoms with Crippen molar-refractivity contribution in [1.29, 1.82) is 0 Å². The van der Waals surface area contributed by atoms with Crippen molar-refractivity contribution in [2.45, 2.75) is 37.6 Å². The zero-order valence-corrected chi connectivity index (χ0v) is 14.8. The Morgan fingerprint density at radius 3 is 2.88 bits per heavy atom. The van der Waals surface area contributed by atoms with Gasteiger partial charge in [-0.3, -0.25) is 4.79 Å². The highest BCUT2D eigenvalue weighted by molar-refractivity contribution is 5.78. The molecule has 2 fully saturated rings. The lowest BCUT2D eigenvalue weighted by Gasteiger charge is -2.16. The van der Waals surface area contributed by atoms with E-state index >= 15 is 4.39 Å². The van der Waals surface area contributed by atoms with Crippen molar-refractivity contribution in [3.8, 4) is 0 Å². The Bertz CT molecular complexity index is 816. The van der Waals surface area contributed by atoms with Crippen LogP contribution >= 0.6 is 0 Å². The monoisotopic (exact) mass is 361 g/mol. The first-order chi connectivity index (χ1) is 12.6. The molecule has 2 aliphatic rings. The normalized spacial score (nSPS) is 25.0. The van der Waals surface area contributed by atoms with Crippen LogP contribution in [0.2, 0.25) is 0 Å². The number of rotatable bonds is 4. The average molecular weight is 361 g/mol. The molecule has 26 heavy (non-hydrogen) atoms. The summed E-state index contributed by atoms with van der Waals surface area (Å²) in [5.41, 5.74) is 7.71. The van der Waals surface area contributed by atoms with Crippen molar-refractivity contribution in [1.82, 2.24) is 9.97 Å². The van der Waals surface area contributed by atoms with Crippen molar-refractivity contribution in [2.24, 2.45) is 17.6 Å². The molecule has 1 aromatic carbocycles. The van der Waals surface area contributed by atoms with Gasteiger partial charge in [0.05, 0.1) is 37.8 Å². The maximum Gasteiger partial charge on any atom is 0.311 e. The number of H-pyrrole nitrogens is 1. The third-order valence-corrected chi connectivity index (χ3v) is 5.85. The molecule has 0 bridgehead atoms. The van der Waals surface area contributed by atoms with Crippen LogP contribution in [0.4, 0.5) is 4.39 Å². The number of hydrogen-bond donors (Lipinski definition) is 2. The van der Waals surface area contributed by atoms with E-state index in [0.717, 1.165) is 12.8 Å². The van der Waals surface area contributed by atoms with Crippen LogP contribution < -0.4 is 5.73 Å². The SMILES string of the molecule is COC(=O)C1COCC1c1ccc2[nH]c(C(N)C3CCCC3)nc2c1F. The number of halogens is 1. The van der Waals surface area contributed by atoms with Gasteiger partial charge < -0.3 is 20.2 Å². The number of nitrogens with one attached hydrogen (secondary N) is 1. The summed E-state index contributed by atoms with van der Waals surface area (Å²) in [4.78, 5) is 19.6. The van der Waals surface area contributed by atoms with E-state index < -0.39 is 11.7 Å². The topological polar surface area (TPSA) is 90.2 Å². The van der Waals surface area contributed by atoms with Crippen molar-refractivity contribution >= 4 is 17.0 Å². The number of hydrogen-bond acceptors (Lipinski definition) is 5. The quantitative estimate of drug-likeness (QED) is 0.817. The second-order valence-electron chi connectivity index (χ2n) is 7.33. The van der Waals surface area contributed by atoms with Gasteiger partial charge in [0, 0.05) is 5.92 Å². The summed E-state index contributed by atoms with van der Waals surface area (Å²) in [6.45, 7) is 0.536. The molecule has 0 radical (unpaired) electrons. The van der Waals surface area contributed by atoms with Crippen LogP contribution in [0.3, 0.4) is 0 Å². The molecule has 7 heteroatoms. The van der Waals surface area contributed by atoms with Crippen LogP contribution in [0, 0.1) is 17.7 Å². The number of aromatic amines is 1. The lowest BCUT2D eigenvalue weighted by atomic mass is 9.88. The van der Waals surface area contributed by atoms with Gasteiger partial charge in [0.15, 0.2) is 5.82 Å². The molecular weight excluding hydrogens is 337 g/mol. The lowest BCUT2D eigenvalue weighted by Crippen LogP contribution is -2.23. The third kappa shape index (κ3) is 2.89. The van der Waals surface area contributed by atoms with E-state index in [9.17, 15) is 4.79 Å². The molecule has 3 unspecified atom stereocenters. The van der Waals surface area contributed by atoms with Crippen molar-refractivity contribution in [3.63, 3.8) is 0 Å². The Hall–Kier alpha value is -1.99. The molecule has 140 valence electrons. The number of imidazole rings is 1. The van der Waals surface area contributed by atoms with Gasteiger partial charge in [-0.1, -0.05) is 18.9 Å². The zero-order valence-electron chi connectivity index (χ0n) is 14.8. The van der Waals surface area contributed by atoms with Crippen LogP contribution in [0.25, 0.3) is 11.0 Å². The number of fused-ring (bicyclic) bond motifs is 1. The maximum absolute atomic E-state index is 15.2. The summed E-state index contributed by atoms with van der Waals surface area (Å²) in [6.07, 6.45) is 4.56. The number of nitrogens with zero attached hydrogens (tertiary/aromatic N) is 1. The van der Waals surface area contributed by atoms with Crippen LogP contribution in [0.1, 0.15) is 49.0 Å². The van der Waals surface area contributed by atoms with Gasteiger partial charge in [-0.25, -0.2) is 9.37 Å². The summed E-state index contributed by atoms with van der Waals surface area (Å²) >= 11 is 0. The number of methoxy groups -OCH3 is 1. The Labute approximate surface area is 151 Å². The number of carbonyl (C=O) groups is 1. The number of esters is 1. The third-order valence-electron chi connectivity index (χ3n) is 5.85. The maximum atomic E-state index is 15.2. The molecule has 6 nitrogen and oxygen atoms in total. The molecule has 1 saturated carbocycles. The van der Waals surface area contributed by atoms with Gasteiger partial charge in [0.25, 0.3) is 0 Å². The molecule has 1 saturated heterocycles. The van der Waals surface area contributed by atoms with E-state index in [0.29, 0.717) is 29.4 Å². The highest BCUT2D eigenvalue weighted by Crippen LogP contribution is 2.37. The van der Waals surface area contributed by atoms with Crippen LogP contribution in [0.15, 0.2) is 12.1 Å². The van der Waals surface area contributed by atoms with Gasteiger partial charge in [-0.05, 0) is 30.4 Å². The molecule has 1 aromatic heterocycles. The number of nitrogens with two attached hydrogens (primary N) is 1. The molecule has 4 rings (SSSR count).